The highest BCUT2D eigenvalue weighted by molar-refractivity contribution is 7.89. The molecule has 0 bridgehead atoms. The molecule has 0 spiro atoms. The highest BCUT2D eigenvalue weighted by atomic mass is 32.2. The molecule has 0 unspecified atom stereocenters. The average molecular weight is 511 g/mol. The fraction of sp³-hybridized carbons (Fsp3) is 0.464. The van der Waals surface area contributed by atoms with Crippen molar-refractivity contribution in [1.82, 2.24) is 4.31 Å². The number of methoxy groups -OCH3 is 1. The molecule has 6 nitrogen and oxygen atoms in total. The van der Waals surface area contributed by atoms with Crippen molar-refractivity contribution < 1.29 is 22.3 Å². The molecule has 0 radical (unpaired) electrons. The van der Waals surface area contributed by atoms with Crippen molar-refractivity contribution in [2.75, 3.05) is 25.6 Å². The Kier molecular flexibility index (Phi) is 6.56. The van der Waals surface area contributed by atoms with Crippen molar-refractivity contribution in [2.24, 2.45) is 11.3 Å². The number of halogens is 1. The van der Waals surface area contributed by atoms with Crippen LogP contribution in [0, 0.1) is 29.0 Å². The quantitative estimate of drug-likeness (QED) is 0.436. The van der Waals surface area contributed by atoms with Gasteiger partial charge in [0.25, 0.3) is 0 Å². The molecule has 1 atom stereocenters. The summed E-state index contributed by atoms with van der Waals surface area (Å²) in [6.07, 6.45) is 6.39. The molecule has 1 aliphatic heterocycles. The Morgan fingerprint density at radius 1 is 1.11 bits per heavy atom. The van der Waals surface area contributed by atoms with E-state index in [1.807, 2.05) is 35.2 Å². The topological polar surface area (TPSA) is 66.9 Å². The van der Waals surface area contributed by atoms with Crippen LogP contribution < -0.4 is 4.90 Å². The van der Waals surface area contributed by atoms with Crippen LogP contribution in [0.25, 0.3) is 0 Å². The summed E-state index contributed by atoms with van der Waals surface area (Å²) >= 11 is 0. The van der Waals surface area contributed by atoms with Crippen LogP contribution in [0.15, 0.2) is 47.4 Å². The third kappa shape index (κ3) is 4.39. The molecule has 0 N–H and O–H groups in total. The van der Waals surface area contributed by atoms with Gasteiger partial charge >= 0.3 is 5.97 Å². The summed E-state index contributed by atoms with van der Waals surface area (Å²) < 4.78 is 49.6. The predicted octanol–water partition coefficient (Wildman–Crippen LogP) is 4.85. The van der Waals surface area contributed by atoms with Gasteiger partial charge in [0.1, 0.15) is 16.1 Å². The molecular formula is C28H31FN2O4S. The summed E-state index contributed by atoms with van der Waals surface area (Å²) in [5, 5.41) is 0. The van der Waals surface area contributed by atoms with E-state index in [0.717, 1.165) is 31.4 Å². The zero-order valence-corrected chi connectivity index (χ0v) is 21.5. The van der Waals surface area contributed by atoms with E-state index in [1.165, 1.54) is 30.0 Å². The molecule has 2 aromatic carbocycles. The number of carbonyl (C=O) groups excluding carboxylic acids is 1. The maximum absolute atomic E-state index is 15.4. The molecule has 2 aromatic rings. The normalized spacial score (nSPS) is 23.1. The van der Waals surface area contributed by atoms with Gasteiger partial charge in [-0.25, -0.2) is 12.8 Å². The number of fused-ring (bicyclic) bond motifs is 1. The van der Waals surface area contributed by atoms with Crippen LogP contribution >= 0.6 is 0 Å². The van der Waals surface area contributed by atoms with Crippen molar-refractivity contribution in [3.8, 4) is 11.8 Å². The van der Waals surface area contributed by atoms with E-state index in [0.29, 0.717) is 25.1 Å². The van der Waals surface area contributed by atoms with Crippen LogP contribution in [0.3, 0.4) is 0 Å². The zero-order chi connectivity index (χ0) is 25.5. The van der Waals surface area contributed by atoms with E-state index in [4.69, 9.17) is 4.74 Å². The SMILES string of the molecule is COC(=O)C1(C#Cc2cc3c(cc2F)N(c2ccccc2)C[C@@H](C2CCCCC2)N(C)S3(=O)=O)CC1. The van der Waals surface area contributed by atoms with Crippen LogP contribution in [-0.2, 0) is 19.6 Å². The highest BCUT2D eigenvalue weighted by Gasteiger charge is 2.50. The summed E-state index contributed by atoms with van der Waals surface area (Å²) in [4.78, 5) is 14.0. The first kappa shape index (κ1) is 24.8. The van der Waals surface area contributed by atoms with E-state index in [9.17, 15) is 13.2 Å². The van der Waals surface area contributed by atoms with Gasteiger partial charge in [0.05, 0.1) is 18.4 Å². The van der Waals surface area contributed by atoms with Crippen molar-refractivity contribution in [2.45, 2.75) is 55.9 Å². The Hall–Kier alpha value is -2.89. The Bertz CT molecular complexity index is 1320. The Labute approximate surface area is 212 Å². The Morgan fingerprint density at radius 3 is 2.44 bits per heavy atom. The first-order valence-electron chi connectivity index (χ1n) is 12.5. The van der Waals surface area contributed by atoms with E-state index in [2.05, 4.69) is 11.8 Å². The molecule has 1 heterocycles. The van der Waals surface area contributed by atoms with Crippen molar-refractivity contribution >= 4 is 27.4 Å². The minimum atomic E-state index is -3.93. The molecule has 0 amide bonds. The van der Waals surface area contributed by atoms with Gasteiger partial charge in [-0.1, -0.05) is 49.3 Å². The summed E-state index contributed by atoms with van der Waals surface area (Å²) in [5.41, 5.74) is 0.158. The average Bonchev–Trinajstić information content (AvgIpc) is 3.70. The van der Waals surface area contributed by atoms with Gasteiger partial charge in [-0.3, -0.25) is 4.79 Å². The number of hydrogen-bond acceptors (Lipinski definition) is 5. The molecule has 8 heteroatoms. The number of sulfonamides is 1. The molecule has 2 fully saturated rings. The first-order chi connectivity index (χ1) is 17.3. The van der Waals surface area contributed by atoms with Gasteiger partial charge in [-0.05, 0) is 49.8 Å². The number of hydrogen-bond donors (Lipinski definition) is 0. The molecular weight excluding hydrogens is 479 g/mol. The minimum Gasteiger partial charge on any atom is -0.468 e. The molecule has 36 heavy (non-hydrogen) atoms. The third-order valence-corrected chi connectivity index (χ3v) is 9.77. The largest absolute Gasteiger partial charge is 0.468 e. The number of para-hydroxylation sites is 1. The summed E-state index contributed by atoms with van der Waals surface area (Å²) in [6, 6.07) is 11.9. The molecule has 2 aliphatic carbocycles. The van der Waals surface area contributed by atoms with Gasteiger partial charge in [-0.15, -0.1) is 0 Å². The van der Waals surface area contributed by atoms with Gasteiger partial charge in [-0.2, -0.15) is 4.31 Å². The van der Waals surface area contributed by atoms with Crippen LogP contribution in [0.4, 0.5) is 15.8 Å². The number of likely N-dealkylation sites (N-methyl/N-ethyl adjacent to an activating group) is 1. The van der Waals surface area contributed by atoms with Gasteiger partial charge in [0, 0.05) is 31.4 Å². The smallest absolute Gasteiger partial charge is 0.324 e. The van der Waals surface area contributed by atoms with Crippen LogP contribution in [0.1, 0.15) is 50.5 Å². The number of benzene rings is 2. The number of ether oxygens (including phenoxy) is 1. The number of anilines is 2. The minimum absolute atomic E-state index is 0.0285. The Balaban J connectivity index is 1.64. The second-order valence-corrected chi connectivity index (χ2v) is 12.0. The number of rotatable bonds is 3. The number of esters is 1. The van der Waals surface area contributed by atoms with Crippen molar-refractivity contribution in [3.05, 3.63) is 53.8 Å². The summed E-state index contributed by atoms with van der Waals surface area (Å²) in [7, 11) is -0.991. The molecule has 2 saturated carbocycles. The van der Waals surface area contributed by atoms with E-state index in [1.54, 1.807) is 7.05 Å². The Morgan fingerprint density at radius 2 is 1.81 bits per heavy atom. The fourth-order valence-electron chi connectivity index (χ4n) is 5.49. The van der Waals surface area contributed by atoms with Gasteiger partial charge in [0.2, 0.25) is 10.0 Å². The highest BCUT2D eigenvalue weighted by Crippen LogP contribution is 2.46. The van der Waals surface area contributed by atoms with Crippen LogP contribution in [0.2, 0.25) is 0 Å². The number of nitrogens with zero attached hydrogens (tertiary/aromatic N) is 2. The van der Waals surface area contributed by atoms with E-state index in [-0.39, 0.29) is 22.4 Å². The lowest BCUT2D eigenvalue weighted by Gasteiger charge is -2.36. The maximum Gasteiger partial charge on any atom is 0.324 e. The summed E-state index contributed by atoms with van der Waals surface area (Å²) in [6.45, 7) is 0.438. The molecule has 3 aliphatic rings. The standard InChI is InChI=1S/C28H31FN2O4S/c1-30-25(20-9-5-3-6-10-20)19-31(22-11-7-4-8-12-22)24-18-23(29)21(17-26(24)36(30,33)34)13-14-28(15-16-28)27(32)35-2/h4,7-8,11-12,17-18,20,25H,3,5-6,9-10,15-16,19H2,1-2H3/t25-/m0/s1. The van der Waals surface area contributed by atoms with Crippen LogP contribution in [-0.4, -0.2) is 45.4 Å². The van der Waals surface area contributed by atoms with E-state index < -0.39 is 27.2 Å². The van der Waals surface area contributed by atoms with Crippen LogP contribution in [0.5, 0.6) is 0 Å². The maximum atomic E-state index is 15.4. The summed E-state index contributed by atoms with van der Waals surface area (Å²) in [5.74, 6) is 4.79. The molecule has 0 saturated heterocycles. The lowest BCUT2D eigenvalue weighted by molar-refractivity contribution is -0.144. The zero-order valence-electron chi connectivity index (χ0n) is 20.7. The lowest BCUT2D eigenvalue weighted by Crippen LogP contribution is -2.46. The van der Waals surface area contributed by atoms with E-state index >= 15 is 4.39 Å². The second-order valence-electron chi connectivity index (χ2n) is 10.1. The molecule has 0 aromatic heterocycles. The van der Waals surface area contributed by atoms with Crippen molar-refractivity contribution in [1.29, 1.82) is 0 Å². The van der Waals surface area contributed by atoms with Gasteiger partial charge < -0.3 is 9.64 Å². The van der Waals surface area contributed by atoms with Crippen molar-refractivity contribution in [3.63, 3.8) is 0 Å². The second kappa shape index (κ2) is 9.53. The molecule has 190 valence electrons. The fourth-order valence-corrected chi connectivity index (χ4v) is 7.10. The monoisotopic (exact) mass is 510 g/mol. The first-order valence-corrected chi connectivity index (χ1v) is 14.0. The van der Waals surface area contributed by atoms with Gasteiger partial charge in [0.15, 0.2) is 0 Å². The third-order valence-electron chi connectivity index (χ3n) is 7.86. The molecule has 5 rings (SSSR count). The lowest BCUT2D eigenvalue weighted by atomic mass is 9.83. The predicted molar refractivity (Wildman–Crippen MR) is 136 cm³/mol. The number of carbonyl (C=O) groups is 1.